The number of halogens is 4. The van der Waals surface area contributed by atoms with Gasteiger partial charge in [-0.05, 0) is 36.2 Å². The predicted octanol–water partition coefficient (Wildman–Crippen LogP) is 5.48. The largest absolute Gasteiger partial charge is 0.416 e. The lowest BCUT2D eigenvalue weighted by Crippen LogP contribution is -2.14. The van der Waals surface area contributed by atoms with Crippen LogP contribution in [0.3, 0.4) is 0 Å². The van der Waals surface area contributed by atoms with Crippen molar-refractivity contribution < 1.29 is 18.0 Å². The van der Waals surface area contributed by atoms with Crippen molar-refractivity contribution in [2.45, 2.75) is 26.4 Å². The van der Waals surface area contributed by atoms with Crippen molar-refractivity contribution in [2.24, 2.45) is 5.92 Å². The molecule has 0 atom stereocenters. The molecule has 2 aromatic rings. The molecule has 1 amide bonds. The van der Waals surface area contributed by atoms with Crippen molar-refractivity contribution in [1.29, 1.82) is 0 Å². The Labute approximate surface area is 148 Å². The molecule has 8 heteroatoms. The minimum atomic E-state index is -4.45. The van der Waals surface area contributed by atoms with Crippen LogP contribution < -0.4 is 10.6 Å². The molecule has 2 rings (SSSR count). The maximum atomic E-state index is 12.8. The monoisotopic (exact) mass is 371 g/mol. The molecule has 0 aliphatic carbocycles. The summed E-state index contributed by atoms with van der Waals surface area (Å²) in [5, 5.41) is 5.60. The van der Waals surface area contributed by atoms with Gasteiger partial charge in [0.1, 0.15) is 5.82 Å². The minimum Gasteiger partial charge on any atom is -0.353 e. The topological polar surface area (TPSA) is 54.0 Å². The number of carbonyl (C=O) groups is 1. The molecule has 25 heavy (non-hydrogen) atoms. The smallest absolute Gasteiger partial charge is 0.353 e. The predicted molar refractivity (Wildman–Crippen MR) is 92.1 cm³/mol. The van der Waals surface area contributed by atoms with Gasteiger partial charge < -0.3 is 10.6 Å². The van der Waals surface area contributed by atoms with Gasteiger partial charge in [0, 0.05) is 6.42 Å². The fourth-order valence-electron chi connectivity index (χ4n) is 2.06. The minimum absolute atomic E-state index is 0.120. The Hall–Kier alpha value is -2.28. The van der Waals surface area contributed by atoms with Crippen LogP contribution in [0.25, 0.3) is 0 Å². The van der Waals surface area contributed by atoms with E-state index in [1.807, 2.05) is 13.8 Å². The van der Waals surface area contributed by atoms with Gasteiger partial charge in [-0.3, -0.25) is 4.79 Å². The molecule has 0 saturated heterocycles. The number of alkyl halides is 3. The van der Waals surface area contributed by atoms with Crippen molar-refractivity contribution in [3.05, 3.63) is 47.1 Å². The lowest BCUT2D eigenvalue weighted by molar-refractivity contribution is -0.137. The molecule has 0 spiro atoms. The second-order valence-corrected chi connectivity index (χ2v) is 6.30. The van der Waals surface area contributed by atoms with Gasteiger partial charge in [-0.15, -0.1) is 0 Å². The number of hydrogen-bond donors (Lipinski definition) is 2. The number of aromatic nitrogens is 1. The summed E-state index contributed by atoms with van der Waals surface area (Å²) < 4.78 is 38.3. The van der Waals surface area contributed by atoms with E-state index in [2.05, 4.69) is 15.6 Å². The van der Waals surface area contributed by atoms with Crippen LogP contribution in [-0.4, -0.2) is 10.9 Å². The average molecular weight is 372 g/mol. The first kappa shape index (κ1) is 19.1. The SMILES string of the molecule is CC(C)CC(=O)Nc1ccc(Nc2cc(C(F)(F)F)ccc2Cl)cn1. The van der Waals surface area contributed by atoms with Crippen LogP contribution in [0.5, 0.6) is 0 Å². The Bertz CT molecular complexity index is 746. The van der Waals surface area contributed by atoms with Crippen LogP contribution >= 0.6 is 11.6 Å². The van der Waals surface area contributed by atoms with Crippen LogP contribution in [0.15, 0.2) is 36.5 Å². The van der Waals surface area contributed by atoms with E-state index in [0.29, 0.717) is 17.9 Å². The zero-order valence-corrected chi connectivity index (χ0v) is 14.4. The van der Waals surface area contributed by atoms with Crippen molar-refractivity contribution in [3.63, 3.8) is 0 Å². The van der Waals surface area contributed by atoms with E-state index in [-0.39, 0.29) is 22.5 Å². The summed E-state index contributed by atoms with van der Waals surface area (Å²) in [7, 11) is 0. The highest BCUT2D eigenvalue weighted by Gasteiger charge is 2.30. The lowest BCUT2D eigenvalue weighted by Gasteiger charge is -2.13. The van der Waals surface area contributed by atoms with Gasteiger partial charge in [0.15, 0.2) is 0 Å². The maximum absolute atomic E-state index is 12.8. The van der Waals surface area contributed by atoms with Gasteiger partial charge in [0.2, 0.25) is 5.91 Å². The number of carbonyl (C=O) groups excluding carboxylic acids is 1. The normalized spacial score (nSPS) is 11.5. The third kappa shape index (κ3) is 5.63. The Morgan fingerprint density at radius 1 is 1.24 bits per heavy atom. The van der Waals surface area contributed by atoms with E-state index in [4.69, 9.17) is 11.6 Å². The summed E-state index contributed by atoms with van der Waals surface area (Å²) in [6.45, 7) is 3.86. The molecule has 0 saturated carbocycles. The molecule has 1 aromatic heterocycles. The Morgan fingerprint density at radius 3 is 2.52 bits per heavy atom. The standard InChI is InChI=1S/C17H17ClF3N3O/c1-10(2)7-16(25)24-15-6-4-12(9-22-15)23-14-8-11(17(19,20)21)3-5-13(14)18/h3-6,8-10,23H,7H2,1-2H3,(H,22,24,25). The zero-order valence-electron chi connectivity index (χ0n) is 13.6. The first-order valence-electron chi connectivity index (χ1n) is 7.55. The van der Waals surface area contributed by atoms with Crippen LogP contribution in [0.1, 0.15) is 25.8 Å². The summed E-state index contributed by atoms with van der Waals surface area (Å²) in [6.07, 6.45) is -2.67. The first-order valence-corrected chi connectivity index (χ1v) is 7.92. The zero-order chi connectivity index (χ0) is 18.6. The summed E-state index contributed by atoms with van der Waals surface area (Å²) >= 11 is 5.94. The van der Waals surface area contributed by atoms with E-state index in [0.717, 1.165) is 12.1 Å². The number of rotatable bonds is 5. The number of pyridine rings is 1. The number of hydrogen-bond acceptors (Lipinski definition) is 3. The molecule has 0 aliphatic heterocycles. The molecule has 2 N–H and O–H groups in total. The summed E-state index contributed by atoms with van der Waals surface area (Å²) in [5.41, 5.74) is -0.233. The van der Waals surface area contributed by atoms with Gasteiger partial charge in [-0.2, -0.15) is 13.2 Å². The molecule has 134 valence electrons. The second kappa shape index (κ2) is 7.74. The molecule has 4 nitrogen and oxygen atoms in total. The molecular weight excluding hydrogens is 355 g/mol. The molecule has 0 fully saturated rings. The van der Waals surface area contributed by atoms with Crippen molar-refractivity contribution >= 4 is 34.7 Å². The van der Waals surface area contributed by atoms with E-state index in [1.165, 1.54) is 12.3 Å². The highest BCUT2D eigenvalue weighted by atomic mass is 35.5. The highest BCUT2D eigenvalue weighted by molar-refractivity contribution is 6.33. The van der Waals surface area contributed by atoms with Gasteiger partial charge in [-0.1, -0.05) is 25.4 Å². The summed E-state index contributed by atoms with van der Waals surface area (Å²) in [5.74, 6) is 0.444. The van der Waals surface area contributed by atoms with E-state index >= 15 is 0 Å². The van der Waals surface area contributed by atoms with E-state index < -0.39 is 11.7 Å². The van der Waals surface area contributed by atoms with Gasteiger partial charge in [0.25, 0.3) is 0 Å². The van der Waals surface area contributed by atoms with Gasteiger partial charge in [0.05, 0.1) is 28.2 Å². The Kier molecular flexibility index (Phi) is 5.89. The number of anilines is 3. The fraction of sp³-hybridized carbons (Fsp3) is 0.294. The summed E-state index contributed by atoms with van der Waals surface area (Å²) in [4.78, 5) is 15.7. The van der Waals surface area contributed by atoms with E-state index in [9.17, 15) is 18.0 Å². The Balaban J connectivity index is 2.10. The third-order valence-electron chi connectivity index (χ3n) is 3.20. The van der Waals surface area contributed by atoms with Crippen LogP contribution in [0.4, 0.5) is 30.4 Å². The number of nitrogens with one attached hydrogen (secondary N) is 2. The van der Waals surface area contributed by atoms with Crippen molar-refractivity contribution in [3.8, 4) is 0 Å². The lowest BCUT2D eigenvalue weighted by atomic mass is 10.1. The van der Waals surface area contributed by atoms with E-state index in [1.54, 1.807) is 12.1 Å². The van der Waals surface area contributed by atoms with Crippen molar-refractivity contribution in [2.75, 3.05) is 10.6 Å². The van der Waals surface area contributed by atoms with Crippen LogP contribution in [-0.2, 0) is 11.0 Å². The highest BCUT2D eigenvalue weighted by Crippen LogP contribution is 2.34. The molecule has 0 aliphatic rings. The maximum Gasteiger partial charge on any atom is 0.416 e. The molecule has 0 bridgehead atoms. The average Bonchev–Trinajstić information content (AvgIpc) is 2.49. The fourth-order valence-corrected chi connectivity index (χ4v) is 2.22. The molecule has 1 heterocycles. The van der Waals surface area contributed by atoms with Gasteiger partial charge >= 0.3 is 6.18 Å². The third-order valence-corrected chi connectivity index (χ3v) is 3.53. The Morgan fingerprint density at radius 2 is 1.96 bits per heavy atom. The van der Waals surface area contributed by atoms with Crippen molar-refractivity contribution in [1.82, 2.24) is 4.98 Å². The number of amides is 1. The molecule has 0 unspecified atom stereocenters. The second-order valence-electron chi connectivity index (χ2n) is 5.90. The molecule has 0 radical (unpaired) electrons. The quantitative estimate of drug-likeness (QED) is 0.731. The first-order chi connectivity index (χ1) is 11.6. The summed E-state index contributed by atoms with van der Waals surface area (Å²) in [6, 6.07) is 6.18. The van der Waals surface area contributed by atoms with Gasteiger partial charge in [-0.25, -0.2) is 4.98 Å². The number of benzene rings is 1. The number of nitrogens with zero attached hydrogens (tertiary/aromatic N) is 1. The van der Waals surface area contributed by atoms with Crippen LogP contribution in [0, 0.1) is 5.92 Å². The molecular formula is C17H17ClF3N3O. The molecule has 1 aromatic carbocycles. The van der Waals surface area contributed by atoms with Crippen LogP contribution in [0.2, 0.25) is 5.02 Å².